The van der Waals surface area contributed by atoms with Gasteiger partial charge in [0.2, 0.25) is 0 Å². The largest absolute Gasteiger partial charge is 0.445 e. The van der Waals surface area contributed by atoms with Crippen molar-refractivity contribution in [2.45, 2.75) is 13.2 Å². The van der Waals surface area contributed by atoms with Crippen LogP contribution in [0.5, 0.6) is 0 Å². The van der Waals surface area contributed by atoms with E-state index in [4.69, 9.17) is 10.5 Å². The smallest absolute Gasteiger partial charge is 0.407 e. The molecule has 0 aliphatic carbocycles. The molecule has 0 aliphatic rings. The third-order valence-corrected chi connectivity index (χ3v) is 2.33. The average molecular weight is 258 g/mol. The van der Waals surface area contributed by atoms with Crippen molar-refractivity contribution in [2.24, 2.45) is 0 Å². The van der Waals surface area contributed by atoms with Crippen molar-refractivity contribution < 1.29 is 9.53 Å². The van der Waals surface area contributed by atoms with E-state index in [1.165, 1.54) is 12.4 Å². The lowest BCUT2D eigenvalue weighted by molar-refractivity contribution is 0.139. The minimum absolute atomic E-state index is 0.202. The lowest BCUT2D eigenvalue weighted by Gasteiger charge is -2.06. The third-order valence-electron chi connectivity index (χ3n) is 2.33. The average Bonchev–Trinajstić information content (AvgIpc) is 2.45. The van der Waals surface area contributed by atoms with Crippen LogP contribution in [-0.4, -0.2) is 16.1 Å². The van der Waals surface area contributed by atoms with E-state index in [-0.39, 0.29) is 13.2 Å². The molecule has 0 atom stereocenters. The van der Waals surface area contributed by atoms with Crippen LogP contribution in [0.2, 0.25) is 0 Å². The fourth-order valence-electron chi connectivity index (χ4n) is 1.38. The number of carbonyl (C=O) groups is 1. The first kappa shape index (κ1) is 12.8. The number of anilines is 1. The van der Waals surface area contributed by atoms with Gasteiger partial charge in [-0.15, -0.1) is 0 Å². The number of nitrogen functional groups attached to an aromatic ring is 1. The van der Waals surface area contributed by atoms with E-state index in [0.717, 1.165) is 5.56 Å². The summed E-state index contributed by atoms with van der Waals surface area (Å²) in [5.74, 6) is 0.478. The molecule has 0 saturated carbocycles. The maximum Gasteiger partial charge on any atom is 0.407 e. The molecule has 0 spiro atoms. The molecule has 2 rings (SSSR count). The number of nitrogens with two attached hydrogens (primary N) is 1. The summed E-state index contributed by atoms with van der Waals surface area (Å²) in [6, 6.07) is 9.45. The summed E-state index contributed by atoms with van der Waals surface area (Å²) in [5, 5.41) is 2.56. The predicted octanol–water partition coefficient (Wildman–Crippen LogP) is 1.49. The second-order valence-corrected chi connectivity index (χ2v) is 3.85. The van der Waals surface area contributed by atoms with E-state index in [0.29, 0.717) is 11.5 Å². The van der Waals surface area contributed by atoms with Crippen LogP contribution in [0.25, 0.3) is 0 Å². The molecule has 0 saturated heterocycles. The van der Waals surface area contributed by atoms with E-state index < -0.39 is 6.09 Å². The van der Waals surface area contributed by atoms with Crippen molar-refractivity contribution >= 4 is 11.8 Å². The normalized spacial score (nSPS) is 9.89. The van der Waals surface area contributed by atoms with Crippen LogP contribution in [0, 0.1) is 0 Å². The molecule has 0 radical (unpaired) electrons. The zero-order chi connectivity index (χ0) is 13.5. The minimum atomic E-state index is -0.510. The van der Waals surface area contributed by atoms with Gasteiger partial charge in [-0.3, -0.25) is 0 Å². The Labute approximate surface area is 110 Å². The fraction of sp³-hybridized carbons (Fsp3) is 0.154. The summed E-state index contributed by atoms with van der Waals surface area (Å²) in [5.41, 5.74) is 6.87. The molecular formula is C13H14N4O2. The van der Waals surface area contributed by atoms with Crippen molar-refractivity contribution in [3.05, 3.63) is 54.1 Å². The number of nitrogens with one attached hydrogen (secondary N) is 1. The Morgan fingerprint density at radius 2 is 1.89 bits per heavy atom. The van der Waals surface area contributed by atoms with Crippen LogP contribution in [0.1, 0.15) is 11.4 Å². The molecule has 19 heavy (non-hydrogen) atoms. The Morgan fingerprint density at radius 1 is 1.21 bits per heavy atom. The van der Waals surface area contributed by atoms with Crippen LogP contribution < -0.4 is 11.1 Å². The van der Waals surface area contributed by atoms with Gasteiger partial charge in [-0.2, -0.15) is 0 Å². The third kappa shape index (κ3) is 4.27. The van der Waals surface area contributed by atoms with Crippen LogP contribution >= 0.6 is 0 Å². The van der Waals surface area contributed by atoms with Crippen LogP contribution in [0.15, 0.2) is 42.7 Å². The number of rotatable bonds is 4. The summed E-state index contributed by atoms with van der Waals surface area (Å²) < 4.78 is 5.04. The predicted molar refractivity (Wildman–Crippen MR) is 69.9 cm³/mol. The molecule has 1 aromatic heterocycles. The first-order chi connectivity index (χ1) is 9.24. The first-order valence-corrected chi connectivity index (χ1v) is 5.75. The molecule has 0 aliphatic heterocycles. The number of carbonyl (C=O) groups excluding carboxylic acids is 1. The van der Waals surface area contributed by atoms with E-state index in [1.807, 2.05) is 30.3 Å². The van der Waals surface area contributed by atoms with Gasteiger partial charge in [0.05, 0.1) is 24.6 Å². The molecule has 0 bridgehead atoms. The van der Waals surface area contributed by atoms with E-state index in [1.54, 1.807) is 0 Å². The quantitative estimate of drug-likeness (QED) is 0.867. The van der Waals surface area contributed by atoms with E-state index in [2.05, 4.69) is 15.3 Å². The van der Waals surface area contributed by atoms with Crippen LogP contribution in [-0.2, 0) is 17.9 Å². The molecule has 1 heterocycles. The molecule has 6 nitrogen and oxygen atoms in total. The summed E-state index contributed by atoms with van der Waals surface area (Å²) in [7, 11) is 0. The number of hydrogen-bond donors (Lipinski definition) is 2. The number of nitrogens with zero attached hydrogens (tertiary/aromatic N) is 2. The highest BCUT2D eigenvalue weighted by Gasteiger charge is 2.03. The molecule has 3 N–H and O–H groups in total. The Hall–Kier alpha value is -2.63. The first-order valence-electron chi connectivity index (χ1n) is 5.75. The molecule has 0 unspecified atom stereocenters. The van der Waals surface area contributed by atoms with Crippen molar-refractivity contribution in [1.82, 2.24) is 15.3 Å². The Morgan fingerprint density at radius 3 is 2.58 bits per heavy atom. The van der Waals surface area contributed by atoms with Crippen LogP contribution in [0.4, 0.5) is 10.5 Å². The summed E-state index contributed by atoms with van der Waals surface area (Å²) in [6.07, 6.45) is 2.46. The zero-order valence-electron chi connectivity index (χ0n) is 10.2. The molecule has 0 fully saturated rings. The summed E-state index contributed by atoms with van der Waals surface area (Å²) in [4.78, 5) is 19.4. The fourth-order valence-corrected chi connectivity index (χ4v) is 1.38. The van der Waals surface area contributed by atoms with Gasteiger partial charge in [0.15, 0.2) is 0 Å². The highest BCUT2D eigenvalue weighted by molar-refractivity contribution is 5.67. The van der Waals surface area contributed by atoms with Gasteiger partial charge in [0, 0.05) is 0 Å². The van der Waals surface area contributed by atoms with Crippen LogP contribution in [0.3, 0.4) is 0 Å². The molecular weight excluding hydrogens is 244 g/mol. The van der Waals surface area contributed by atoms with Gasteiger partial charge in [-0.1, -0.05) is 30.3 Å². The number of benzene rings is 1. The monoisotopic (exact) mass is 258 g/mol. The van der Waals surface area contributed by atoms with Gasteiger partial charge in [0.1, 0.15) is 12.4 Å². The van der Waals surface area contributed by atoms with Crippen molar-refractivity contribution in [3.8, 4) is 0 Å². The lowest BCUT2D eigenvalue weighted by atomic mass is 10.2. The lowest BCUT2D eigenvalue weighted by Crippen LogP contribution is -2.24. The second-order valence-electron chi connectivity index (χ2n) is 3.85. The van der Waals surface area contributed by atoms with Gasteiger partial charge in [-0.25, -0.2) is 14.8 Å². The number of alkyl carbamates (subject to hydrolysis) is 1. The SMILES string of the molecule is Nc1cnc(CNC(=O)OCc2ccccc2)nc1. The zero-order valence-corrected chi connectivity index (χ0v) is 10.2. The molecule has 1 aromatic carbocycles. The van der Waals surface area contributed by atoms with Gasteiger partial charge < -0.3 is 15.8 Å². The van der Waals surface area contributed by atoms with Gasteiger partial charge >= 0.3 is 6.09 Å². The Bertz CT molecular complexity index is 528. The van der Waals surface area contributed by atoms with E-state index >= 15 is 0 Å². The summed E-state index contributed by atoms with van der Waals surface area (Å²) >= 11 is 0. The standard InChI is InChI=1S/C13H14N4O2/c14-11-6-15-12(16-7-11)8-17-13(18)19-9-10-4-2-1-3-5-10/h1-7H,8-9,14H2,(H,17,18). The van der Waals surface area contributed by atoms with E-state index in [9.17, 15) is 4.79 Å². The summed E-state index contributed by atoms with van der Waals surface area (Å²) in [6.45, 7) is 0.434. The van der Waals surface area contributed by atoms with Gasteiger partial charge in [0.25, 0.3) is 0 Å². The van der Waals surface area contributed by atoms with Crippen molar-refractivity contribution in [2.75, 3.05) is 5.73 Å². The Kier molecular flexibility index (Phi) is 4.28. The van der Waals surface area contributed by atoms with Crippen molar-refractivity contribution in [3.63, 3.8) is 0 Å². The second kappa shape index (κ2) is 6.34. The van der Waals surface area contributed by atoms with Gasteiger partial charge in [-0.05, 0) is 5.56 Å². The van der Waals surface area contributed by atoms with Crippen molar-refractivity contribution in [1.29, 1.82) is 0 Å². The number of amides is 1. The molecule has 1 amide bonds. The maximum atomic E-state index is 11.4. The molecule has 6 heteroatoms. The maximum absolute atomic E-state index is 11.4. The highest BCUT2D eigenvalue weighted by atomic mass is 16.5. The Balaban J connectivity index is 1.74. The number of ether oxygens (including phenoxy) is 1. The highest BCUT2D eigenvalue weighted by Crippen LogP contribution is 2.01. The number of hydrogen-bond acceptors (Lipinski definition) is 5. The minimum Gasteiger partial charge on any atom is -0.445 e. The molecule has 2 aromatic rings. The number of aromatic nitrogens is 2. The topological polar surface area (TPSA) is 90.1 Å². The molecule has 98 valence electrons.